The molecule has 0 radical (unpaired) electrons. The van der Waals surface area contributed by atoms with E-state index in [4.69, 9.17) is 23.7 Å². The molecular weight excluding hydrogens is 751 g/mol. The SMILES string of the molecule is COc1cc(/C=C/c2ccc(OC(=O)OCCNC(=O)C(CC(=O)NC(c3ccccc3)(c3ccccc3)c3ccccc3)NC(=O)OC(C)(C)C)cc2)cc(OC)c1. The van der Waals surface area contributed by atoms with Gasteiger partial charge in [0, 0.05) is 6.07 Å². The fourth-order valence-electron chi connectivity index (χ4n) is 6.21. The normalized spacial score (nSPS) is 11.8. The molecule has 3 amide bonds. The summed E-state index contributed by atoms with van der Waals surface area (Å²) < 4.78 is 26.6. The molecule has 5 rings (SSSR count). The molecule has 0 spiro atoms. The maximum absolute atomic E-state index is 14.1. The van der Waals surface area contributed by atoms with Crippen molar-refractivity contribution in [1.82, 2.24) is 16.0 Å². The van der Waals surface area contributed by atoms with Crippen LogP contribution in [0.25, 0.3) is 12.2 Å². The monoisotopic (exact) mass is 799 g/mol. The van der Waals surface area contributed by atoms with Crippen LogP contribution in [0.1, 0.15) is 55.0 Å². The summed E-state index contributed by atoms with van der Waals surface area (Å²) in [4.78, 5) is 53.1. The van der Waals surface area contributed by atoms with Crippen LogP contribution in [0.15, 0.2) is 133 Å². The first kappa shape index (κ1) is 43.1. The summed E-state index contributed by atoms with van der Waals surface area (Å²) >= 11 is 0. The summed E-state index contributed by atoms with van der Waals surface area (Å²) in [6, 6.07) is 39.5. The van der Waals surface area contributed by atoms with E-state index in [2.05, 4.69) is 16.0 Å². The number of benzene rings is 5. The minimum atomic E-state index is -1.35. The Balaban J connectivity index is 1.22. The second-order valence-electron chi connectivity index (χ2n) is 14.3. The zero-order chi connectivity index (χ0) is 42.3. The van der Waals surface area contributed by atoms with Crippen LogP contribution < -0.4 is 30.2 Å². The fraction of sp³-hybridized carbons (Fsp3) is 0.234. The molecule has 0 saturated carbocycles. The van der Waals surface area contributed by atoms with Crippen molar-refractivity contribution in [3.63, 3.8) is 0 Å². The molecule has 0 aromatic heterocycles. The lowest BCUT2D eigenvalue weighted by Gasteiger charge is -2.37. The molecule has 59 heavy (non-hydrogen) atoms. The lowest BCUT2D eigenvalue weighted by Crippen LogP contribution is -2.53. The summed E-state index contributed by atoms with van der Waals surface area (Å²) in [6.45, 7) is 4.67. The predicted molar refractivity (Wildman–Crippen MR) is 225 cm³/mol. The second kappa shape index (κ2) is 20.4. The van der Waals surface area contributed by atoms with Crippen LogP contribution in [0.2, 0.25) is 0 Å². The van der Waals surface area contributed by atoms with Gasteiger partial charge in [-0.25, -0.2) is 9.59 Å². The molecular formula is C47H49N3O9. The molecule has 0 aliphatic heterocycles. The fourth-order valence-corrected chi connectivity index (χ4v) is 6.21. The number of carbonyl (C=O) groups is 4. The minimum Gasteiger partial charge on any atom is -0.497 e. The van der Waals surface area contributed by atoms with Crippen LogP contribution in [-0.2, 0) is 24.6 Å². The maximum atomic E-state index is 14.1. The molecule has 3 N–H and O–H groups in total. The highest BCUT2D eigenvalue weighted by Gasteiger charge is 2.39. The van der Waals surface area contributed by atoms with E-state index in [9.17, 15) is 19.2 Å². The van der Waals surface area contributed by atoms with Gasteiger partial charge in [-0.3, -0.25) is 9.59 Å². The number of ether oxygens (including phenoxy) is 5. The Hall–Kier alpha value is -7.08. The van der Waals surface area contributed by atoms with Gasteiger partial charge in [0.2, 0.25) is 11.8 Å². The van der Waals surface area contributed by atoms with Crippen molar-refractivity contribution in [3.05, 3.63) is 161 Å². The zero-order valence-corrected chi connectivity index (χ0v) is 33.7. The number of carbonyl (C=O) groups excluding carboxylic acids is 4. The Morgan fingerprint density at radius 1 is 0.644 bits per heavy atom. The average molecular weight is 800 g/mol. The van der Waals surface area contributed by atoms with Crippen LogP contribution in [0.4, 0.5) is 9.59 Å². The smallest absolute Gasteiger partial charge is 0.497 e. The minimum absolute atomic E-state index is 0.136. The third kappa shape index (κ3) is 12.5. The third-order valence-electron chi connectivity index (χ3n) is 8.89. The van der Waals surface area contributed by atoms with Gasteiger partial charge in [0.15, 0.2) is 0 Å². The summed E-state index contributed by atoms with van der Waals surface area (Å²) in [5.74, 6) is 0.367. The molecule has 0 saturated heterocycles. The Bertz CT molecular complexity index is 2070. The zero-order valence-electron chi connectivity index (χ0n) is 33.7. The van der Waals surface area contributed by atoms with Crippen molar-refractivity contribution >= 4 is 36.2 Å². The van der Waals surface area contributed by atoms with Gasteiger partial charge < -0.3 is 39.6 Å². The van der Waals surface area contributed by atoms with Crippen molar-refractivity contribution in [2.24, 2.45) is 0 Å². The predicted octanol–water partition coefficient (Wildman–Crippen LogP) is 7.90. The topological polar surface area (TPSA) is 151 Å². The number of rotatable bonds is 16. The van der Waals surface area contributed by atoms with Gasteiger partial charge in [0.1, 0.15) is 41.0 Å². The van der Waals surface area contributed by atoms with E-state index in [1.165, 1.54) is 0 Å². The highest BCUT2D eigenvalue weighted by molar-refractivity contribution is 5.91. The Morgan fingerprint density at radius 2 is 1.15 bits per heavy atom. The molecule has 0 fully saturated rings. The highest BCUT2D eigenvalue weighted by Crippen LogP contribution is 2.37. The third-order valence-corrected chi connectivity index (χ3v) is 8.89. The van der Waals surface area contributed by atoms with Crippen LogP contribution in [0.5, 0.6) is 17.2 Å². The molecule has 0 aliphatic rings. The van der Waals surface area contributed by atoms with Crippen LogP contribution >= 0.6 is 0 Å². The number of amides is 3. The summed E-state index contributed by atoms with van der Waals surface area (Å²) in [6.07, 6.45) is 1.48. The molecule has 0 aliphatic carbocycles. The molecule has 12 heteroatoms. The average Bonchev–Trinajstić information content (AvgIpc) is 3.24. The highest BCUT2D eigenvalue weighted by atomic mass is 16.7. The van der Waals surface area contributed by atoms with Gasteiger partial charge in [-0.15, -0.1) is 0 Å². The number of hydrogen-bond acceptors (Lipinski definition) is 9. The van der Waals surface area contributed by atoms with Gasteiger partial charge >= 0.3 is 12.2 Å². The van der Waals surface area contributed by atoms with Crippen molar-refractivity contribution in [1.29, 1.82) is 0 Å². The summed E-state index contributed by atoms with van der Waals surface area (Å²) in [5, 5.41) is 8.39. The van der Waals surface area contributed by atoms with E-state index < -0.39 is 47.7 Å². The van der Waals surface area contributed by atoms with E-state index in [0.29, 0.717) is 11.5 Å². The number of methoxy groups -OCH3 is 2. The van der Waals surface area contributed by atoms with E-state index in [-0.39, 0.29) is 18.9 Å². The van der Waals surface area contributed by atoms with E-state index in [0.717, 1.165) is 27.8 Å². The van der Waals surface area contributed by atoms with E-state index >= 15 is 0 Å². The molecule has 12 nitrogen and oxygen atoms in total. The van der Waals surface area contributed by atoms with Crippen LogP contribution in [0, 0.1) is 0 Å². The molecule has 0 heterocycles. The first-order chi connectivity index (χ1) is 28.4. The number of nitrogens with one attached hydrogen (secondary N) is 3. The molecule has 306 valence electrons. The van der Waals surface area contributed by atoms with Crippen LogP contribution in [0.3, 0.4) is 0 Å². The van der Waals surface area contributed by atoms with Gasteiger partial charge in [-0.05, 0) is 72.9 Å². The van der Waals surface area contributed by atoms with Gasteiger partial charge in [-0.1, -0.05) is 115 Å². The number of hydrogen-bond donors (Lipinski definition) is 3. The second-order valence-corrected chi connectivity index (χ2v) is 14.3. The Kier molecular flexibility index (Phi) is 14.9. The Labute approximate surface area is 344 Å². The standard InChI is InChI=1S/C47H49N3O9/c1-46(2,3)59-44(53)49-41(32-42(51)50-47(35-15-9-6-10-16-35,36-17-11-7-12-18-36)37-19-13-8-14-20-37)43(52)48-27-28-57-45(54)58-38-25-23-33(24-26-38)21-22-34-29-39(55-4)31-40(30-34)56-5/h6-26,29-31,41H,27-28,32H2,1-5H3,(H,48,52)(H,49,53)(H,50,51)/b22-21+. The lowest BCUT2D eigenvalue weighted by atomic mass is 9.77. The Morgan fingerprint density at radius 3 is 1.64 bits per heavy atom. The largest absolute Gasteiger partial charge is 0.513 e. The van der Waals surface area contributed by atoms with E-state index in [1.54, 1.807) is 65.3 Å². The van der Waals surface area contributed by atoms with Gasteiger partial charge in [0.25, 0.3) is 0 Å². The molecule has 1 atom stereocenters. The van der Waals surface area contributed by atoms with Crippen molar-refractivity contribution in [2.45, 2.75) is 44.4 Å². The maximum Gasteiger partial charge on any atom is 0.513 e. The van der Waals surface area contributed by atoms with Crippen molar-refractivity contribution in [2.75, 3.05) is 27.4 Å². The van der Waals surface area contributed by atoms with Crippen LogP contribution in [-0.4, -0.2) is 63.1 Å². The lowest BCUT2D eigenvalue weighted by molar-refractivity contribution is -0.129. The van der Waals surface area contributed by atoms with Crippen molar-refractivity contribution < 1.29 is 42.9 Å². The molecule has 5 aromatic carbocycles. The number of alkyl carbamates (subject to hydrolysis) is 1. The first-order valence-corrected chi connectivity index (χ1v) is 19.0. The van der Waals surface area contributed by atoms with E-state index in [1.807, 2.05) is 115 Å². The van der Waals surface area contributed by atoms with Gasteiger partial charge in [0.05, 0.1) is 27.2 Å². The quantitative estimate of drug-likeness (QED) is 0.0298. The molecule has 5 aromatic rings. The summed E-state index contributed by atoms with van der Waals surface area (Å²) in [5.41, 5.74) is 2.07. The molecule has 1 unspecified atom stereocenters. The van der Waals surface area contributed by atoms with Gasteiger partial charge in [-0.2, -0.15) is 0 Å². The summed E-state index contributed by atoms with van der Waals surface area (Å²) in [7, 11) is 3.17. The first-order valence-electron chi connectivity index (χ1n) is 19.0. The molecule has 0 bridgehead atoms. The van der Waals surface area contributed by atoms with Crippen molar-refractivity contribution in [3.8, 4) is 17.2 Å².